The van der Waals surface area contributed by atoms with E-state index >= 15 is 0 Å². The molecule has 2 N–H and O–H groups in total. The molecule has 0 radical (unpaired) electrons. The van der Waals surface area contributed by atoms with Crippen LogP contribution in [0.25, 0.3) is 11.6 Å². The molecule has 0 amide bonds. The third-order valence-electron chi connectivity index (χ3n) is 8.32. The Labute approximate surface area is 237 Å². The molecule has 3 aromatic rings. The zero-order valence-electron chi connectivity index (χ0n) is 23.8. The number of hydrogen-bond donors (Lipinski definition) is 1. The lowest BCUT2D eigenvalue weighted by Crippen LogP contribution is -2.61. The van der Waals surface area contributed by atoms with Gasteiger partial charge in [-0.3, -0.25) is 9.80 Å². The van der Waals surface area contributed by atoms with Gasteiger partial charge in [-0.15, -0.1) is 18.3 Å². The molecule has 41 heavy (non-hydrogen) atoms. The van der Waals surface area contributed by atoms with Crippen molar-refractivity contribution >= 4 is 11.8 Å². The molecule has 0 spiro atoms. The Morgan fingerprint density at radius 1 is 1.12 bits per heavy atom. The number of aromatic nitrogens is 4. The first-order chi connectivity index (χ1) is 19.5. The number of alkyl halides is 3. The van der Waals surface area contributed by atoms with E-state index in [0.29, 0.717) is 17.8 Å². The minimum atomic E-state index is -4.68. The first kappa shape index (κ1) is 29.1. The van der Waals surface area contributed by atoms with Crippen molar-refractivity contribution in [2.45, 2.75) is 77.5 Å². The highest BCUT2D eigenvalue weighted by atomic mass is 19.4. The number of hydrogen-bond acceptors (Lipinski definition) is 10. The van der Waals surface area contributed by atoms with Gasteiger partial charge in [0.2, 0.25) is 0 Å². The van der Waals surface area contributed by atoms with Crippen LogP contribution in [0.3, 0.4) is 0 Å². The highest BCUT2D eigenvalue weighted by molar-refractivity contribution is 5.52. The fraction of sp³-hybridized carbons (Fsp3) is 0.571. The highest BCUT2D eigenvalue weighted by Gasteiger charge is 2.38. The van der Waals surface area contributed by atoms with Crippen LogP contribution in [0.5, 0.6) is 5.75 Å². The summed E-state index contributed by atoms with van der Waals surface area (Å²) >= 11 is 0. The molecule has 4 heterocycles. The molecular weight excluding hydrogens is 537 g/mol. The summed E-state index contributed by atoms with van der Waals surface area (Å²) in [4.78, 5) is 16.8. The zero-order chi connectivity index (χ0) is 29.3. The molecule has 0 saturated carbocycles. The zero-order valence-corrected chi connectivity index (χ0v) is 23.8. The molecule has 2 aromatic heterocycles. The van der Waals surface area contributed by atoms with Gasteiger partial charge in [0.25, 0.3) is 5.89 Å². The number of nitrogen functional groups attached to an aromatic ring is 1. The summed E-state index contributed by atoms with van der Waals surface area (Å²) in [7, 11) is 0. The average molecular weight is 575 g/mol. The number of ether oxygens (including phenoxy) is 1. The first-order valence-corrected chi connectivity index (χ1v) is 14.1. The van der Waals surface area contributed by atoms with Crippen LogP contribution in [0.1, 0.15) is 57.3 Å². The van der Waals surface area contributed by atoms with Crippen molar-refractivity contribution in [2.75, 3.05) is 36.8 Å². The topological polar surface area (TPSA) is 110 Å². The van der Waals surface area contributed by atoms with Crippen LogP contribution in [-0.2, 0) is 0 Å². The molecule has 222 valence electrons. The Kier molecular flexibility index (Phi) is 8.37. The van der Waals surface area contributed by atoms with E-state index in [2.05, 4.69) is 55.4 Å². The van der Waals surface area contributed by atoms with Crippen LogP contribution >= 0.6 is 0 Å². The number of benzene rings is 1. The lowest BCUT2D eigenvalue weighted by Gasteiger charge is -2.51. The van der Waals surface area contributed by atoms with Gasteiger partial charge in [-0.05, 0) is 57.7 Å². The Bertz CT molecular complexity index is 1310. The molecule has 2 aliphatic rings. The first-order valence-electron chi connectivity index (χ1n) is 14.1. The van der Waals surface area contributed by atoms with Crippen molar-refractivity contribution in [1.29, 1.82) is 0 Å². The van der Waals surface area contributed by atoms with Crippen molar-refractivity contribution < 1.29 is 22.3 Å². The normalized spacial score (nSPS) is 22.2. The second-order valence-corrected chi connectivity index (χ2v) is 10.9. The summed E-state index contributed by atoms with van der Waals surface area (Å²) < 4.78 is 46.8. The van der Waals surface area contributed by atoms with Gasteiger partial charge in [0.1, 0.15) is 17.3 Å². The van der Waals surface area contributed by atoms with Gasteiger partial charge in [-0.2, -0.15) is 0 Å². The summed E-state index contributed by atoms with van der Waals surface area (Å²) in [6.07, 6.45) is 0.0884. The average Bonchev–Trinajstić information content (AvgIpc) is 3.38. The summed E-state index contributed by atoms with van der Waals surface area (Å²) in [6.45, 7) is 12.2. The summed E-state index contributed by atoms with van der Waals surface area (Å²) in [5, 5.41) is 7.61. The Morgan fingerprint density at radius 3 is 2.41 bits per heavy atom. The number of piperazine rings is 1. The van der Waals surface area contributed by atoms with Crippen LogP contribution in [0, 0.1) is 6.92 Å². The standard InChI is InChI=1S/C28H37F3N8O2/c1-5-21-16-38(25-18(3)34-24(14-33-25)26-35-36-27(32)40-26)17(2)15-39(21)22-10-12-37(13-11-22)19(4)20-6-8-23(9-7-20)41-28(29,30)31/h6-9,14,17,19,21-22H,5,10-13,15-16H2,1-4H3,(H2,32,36)/t17-,19+,21+/m1/s1. The molecular formula is C28H37F3N8O2. The van der Waals surface area contributed by atoms with E-state index in [1.165, 1.54) is 12.1 Å². The van der Waals surface area contributed by atoms with E-state index in [0.717, 1.165) is 62.5 Å². The molecule has 1 aromatic carbocycles. The lowest BCUT2D eigenvalue weighted by molar-refractivity contribution is -0.274. The minimum absolute atomic E-state index is 0.00651. The molecule has 2 saturated heterocycles. The largest absolute Gasteiger partial charge is 0.573 e. The number of piperidine rings is 1. The fourth-order valence-electron chi connectivity index (χ4n) is 6.13. The number of nitrogens with two attached hydrogens (primary N) is 1. The highest BCUT2D eigenvalue weighted by Crippen LogP contribution is 2.33. The number of likely N-dealkylation sites (tertiary alicyclic amines) is 1. The van der Waals surface area contributed by atoms with E-state index in [1.807, 2.05) is 6.92 Å². The van der Waals surface area contributed by atoms with Crippen LogP contribution in [-0.4, -0.2) is 80.6 Å². The van der Waals surface area contributed by atoms with E-state index in [9.17, 15) is 13.2 Å². The maximum absolute atomic E-state index is 12.5. The molecule has 2 fully saturated rings. The van der Waals surface area contributed by atoms with E-state index < -0.39 is 6.36 Å². The molecule has 3 atom stereocenters. The number of anilines is 2. The van der Waals surface area contributed by atoms with Gasteiger partial charge in [0.05, 0.1) is 11.9 Å². The summed E-state index contributed by atoms with van der Waals surface area (Å²) in [5.41, 5.74) is 7.84. The van der Waals surface area contributed by atoms with Gasteiger partial charge in [-0.25, -0.2) is 9.97 Å². The third-order valence-corrected chi connectivity index (χ3v) is 8.32. The number of halogens is 3. The second-order valence-electron chi connectivity index (χ2n) is 10.9. The monoisotopic (exact) mass is 574 g/mol. The summed E-state index contributed by atoms with van der Waals surface area (Å²) in [5.74, 6) is 0.921. The smallest absolute Gasteiger partial charge is 0.406 e. The molecule has 0 unspecified atom stereocenters. The van der Waals surface area contributed by atoms with Crippen LogP contribution in [0.15, 0.2) is 34.9 Å². The predicted molar refractivity (Wildman–Crippen MR) is 148 cm³/mol. The van der Waals surface area contributed by atoms with E-state index in [4.69, 9.17) is 15.1 Å². The number of rotatable bonds is 7. The number of nitrogens with zero attached hydrogens (tertiary/aromatic N) is 7. The van der Waals surface area contributed by atoms with Crippen molar-refractivity contribution in [1.82, 2.24) is 30.0 Å². The SMILES string of the molecule is CC[C@H]1CN(c2ncc(-c3nnc(N)o3)nc2C)[C@H](C)CN1C1CCN([C@@H](C)c2ccc(OC(F)(F)F)cc2)CC1. The van der Waals surface area contributed by atoms with Crippen molar-refractivity contribution in [3.8, 4) is 17.3 Å². The van der Waals surface area contributed by atoms with Crippen LogP contribution < -0.4 is 15.4 Å². The van der Waals surface area contributed by atoms with Gasteiger partial charge < -0.3 is 19.8 Å². The van der Waals surface area contributed by atoms with Gasteiger partial charge >= 0.3 is 12.4 Å². The van der Waals surface area contributed by atoms with Crippen LogP contribution in [0.2, 0.25) is 0 Å². The maximum Gasteiger partial charge on any atom is 0.573 e. The van der Waals surface area contributed by atoms with Gasteiger partial charge in [0.15, 0.2) is 0 Å². The maximum atomic E-state index is 12.5. The Hall–Kier alpha value is -3.45. The molecule has 0 aliphatic carbocycles. The van der Waals surface area contributed by atoms with Crippen molar-refractivity contribution in [2.24, 2.45) is 0 Å². The lowest BCUT2D eigenvalue weighted by atomic mass is 9.94. The minimum Gasteiger partial charge on any atom is -0.406 e. The third kappa shape index (κ3) is 6.56. The molecule has 5 rings (SSSR count). The Balaban J connectivity index is 1.20. The molecule has 2 aliphatic heterocycles. The van der Waals surface area contributed by atoms with Crippen molar-refractivity contribution in [3.63, 3.8) is 0 Å². The summed E-state index contributed by atoms with van der Waals surface area (Å²) in [6, 6.07) is 7.45. The quantitative estimate of drug-likeness (QED) is 0.421. The second kappa shape index (κ2) is 11.8. The molecule has 10 nitrogen and oxygen atoms in total. The van der Waals surface area contributed by atoms with Crippen LogP contribution in [0.4, 0.5) is 25.0 Å². The van der Waals surface area contributed by atoms with E-state index in [-0.39, 0.29) is 29.7 Å². The Morgan fingerprint density at radius 2 is 1.83 bits per heavy atom. The molecule has 0 bridgehead atoms. The van der Waals surface area contributed by atoms with E-state index in [1.54, 1.807) is 18.3 Å². The fourth-order valence-corrected chi connectivity index (χ4v) is 6.13. The van der Waals surface area contributed by atoms with Gasteiger partial charge in [-0.1, -0.05) is 24.2 Å². The van der Waals surface area contributed by atoms with Gasteiger partial charge in [0, 0.05) is 50.3 Å². The predicted octanol–water partition coefficient (Wildman–Crippen LogP) is 4.83. The number of aryl methyl sites for hydroxylation is 1. The molecule has 13 heteroatoms. The van der Waals surface area contributed by atoms with Crippen molar-refractivity contribution in [3.05, 3.63) is 41.7 Å².